The molecule has 1 N–H and O–H groups in total. The summed E-state index contributed by atoms with van der Waals surface area (Å²) < 4.78 is 11.8. The summed E-state index contributed by atoms with van der Waals surface area (Å²) in [5, 5.41) is 3.44. The second-order valence-corrected chi connectivity index (χ2v) is 10.6. The van der Waals surface area contributed by atoms with Crippen LogP contribution in [0.5, 0.6) is 5.75 Å². The third-order valence-electron chi connectivity index (χ3n) is 5.67. The number of oxazole rings is 1. The van der Waals surface area contributed by atoms with Crippen LogP contribution < -0.4 is 10.1 Å². The lowest BCUT2D eigenvalue weighted by molar-refractivity contribution is -0.115. The Kier molecular flexibility index (Phi) is 7.48. The summed E-state index contributed by atoms with van der Waals surface area (Å²) in [6.45, 7) is 10.5. The van der Waals surface area contributed by atoms with Gasteiger partial charge in [-0.1, -0.05) is 44.2 Å². The number of carbonyl (C=O) groups is 1. The predicted molar refractivity (Wildman–Crippen MR) is 136 cm³/mol. The molecule has 3 aromatic rings. The highest BCUT2D eigenvalue weighted by atomic mass is 32.1. The van der Waals surface area contributed by atoms with Crippen LogP contribution in [0, 0.1) is 0 Å². The van der Waals surface area contributed by atoms with Gasteiger partial charge in [-0.05, 0) is 43.5 Å². The maximum atomic E-state index is 12.5. The number of ether oxygens (including phenoxy) is 1. The fourth-order valence-corrected chi connectivity index (χ4v) is 4.43. The number of anilines is 1. The van der Waals surface area contributed by atoms with E-state index in [1.54, 1.807) is 12.4 Å². The molecule has 0 saturated carbocycles. The first-order valence-electron chi connectivity index (χ1n) is 11.7. The fraction of sp³-hybridized carbons (Fsp3) is 0.423. The van der Waals surface area contributed by atoms with E-state index in [9.17, 15) is 4.79 Å². The fourth-order valence-electron chi connectivity index (χ4n) is 3.70. The predicted octanol–water partition coefficient (Wildman–Crippen LogP) is 5.60. The van der Waals surface area contributed by atoms with E-state index in [0.29, 0.717) is 11.0 Å². The van der Waals surface area contributed by atoms with Crippen LogP contribution in [0.25, 0.3) is 12.2 Å². The van der Waals surface area contributed by atoms with Gasteiger partial charge in [0.1, 0.15) is 17.7 Å². The number of nitrogens with zero attached hydrogens (tertiary/aromatic N) is 3. The van der Waals surface area contributed by atoms with Crippen molar-refractivity contribution in [2.75, 3.05) is 18.4 Å². The van der Waals surface area contributed by atoms with E-state index in [0.717, 1.165) is 35.0 Å². The topological polar surface area (TPSA) is 80.5 Å². The average Bonchev–Trinajstić information content (AvgIpc) is 3.55. The van der Waals surface area contributed by atoms with Crippen LogP contribution in [-0.4, -0.2) is 40.1 Å². The molecule has 1 atom stereocenters. The van der Waals surface area contributed by atoms with Crippen molar-refractivity contribution in [3.05, 3.63) is 58.8 Å². The van der Waals surface area contributed by atoms with Gasteiger partial charge in [0, 0.05) is 35.7 Å². The lowest BCUT2D eigenvalue weighted by atomic mass is 9.94. The van der Waals surface area contributed by atoms with E-state index in [1.165, 1.54) is 24.2 Å². The molecule has 0 spiro atoms. The Labute approximate surface area is 204 Å². The van der Waals surface area contributed by atoms with Crippen LogP contribution in [0.3, 0.4) is 0 Å². The van der Waals surface area contributed by atoms with Crippen LogP contribution in [0.2, 0.25) is 0 Å². The van der Waals surface area contributed by atoms with Crippen molar-refractivity contribution < 1.29 is 13.9 Å². The summed E-state index contributed by atoms with van der Waals surface area (Å²) in [4.78, 5) is 24.3. The molecule has 1 unspecified atom stereocenters. The van der Waals surface area contributed by atoms with Gasteiger partial charge in [0.25, 0.3) is 0 Å². The summed E-state index contributed by atoms with van der Waals surface area (Å²) in [5.41, 5.74) is 0.842. The van der Waals surface area contributed by atoms with Crippen molar-refractivity contribution >= 4 is 34.5 Å². The summed E-state index contributed by atoms with van der Waals surface area (Å²) in [6, 6.07) is 7.72. The first-order chi connectivity index (χ1) is 16.3. The Morgan fingerprint density at radius 3 is 2.59 bits per heavy atom. The molecule has 0 aliphatic carbocycles. The van der Waals surface area contributed by atoms with Crippen molar-refractivity contribution in [3.63, 3.8) is 0 Å². The molecule has 34 heavy (non-hydrogen) atoms. The second kappa shape index (κ2) is 10.5. The van der Waals surface area contributed by atoms with Gasteiger partial charge in [-0.15, -0.1) is 0 Å². The third-order valence-corrected chi connectivity index (χ3v) is 6.55. The minimum absolute atomic E-state index is 0.0638. The number of thiazole rings is 1. The van der Waals surface area contributed by atoms with E-state index < -0.39 is 0 Å². The molecule has 4 rings (SSSR count). The van der Waals surface area contributed by atoms with Gasteiger partial charge >= 0.3 is 0 Å². The van der Waals surface area contributed by atoms with Crippen molar-refractivity contribution in [3.8, 4) is 5.75 Å². The van der Waals surface area contributed by atoms with Crippen molar-refractivity contribution in [2.45, 2.75) is 58.6 Å². The lowest BCUT2D eigenvalue weighted by Gasteiger charge is -2.24. The number of carbonyl (C=O) groups excluding carboxylic acids is 1. The second-order valence-electron chi connectivity index (χ2n) is 9.54. The summed E-state index contributed by atoms with van der Waals surface area (Å²) in [5.74, 6) is 2.10. The Bertz CT molecular complexity index is 1120. The number of rotatable bonds is 8. The highest BCUT2D eigenvalue weighted by Crippen LogP contribution is 2.25. The van der Waals surface area contributed by atoms with Crippen LogP contribution in [0.15, 0.2) is 41.1 Å². The Morgan fingerprint density at radius 2 is 1.91 bits per heavy atom. The molecule has 180 valence electrons. The van der Waals surface area contributed by atoms with E-state index in [4.69, 9.17) is 9.15 Å². The number of nitrogens with one attached hydrogen (secondary N) is 1. The summed E-state index contributed by atoms with van der Waals surface area (Å²) in [7, 11) is 0. The number of amides is 1. The highest BCUT2D eigenvalue weighted by molar-refractivity contribution is 7.16. The van der Waals surface area contributed by atoms with Gasteiger partial charge < -0.3 is 14.5 Å². The molecule has 1 saturated heterocycles. The number of hydrogen-bond donors (Lipinski definition) is 1. The number of hydrogen-bond acceptors (Lipinski definition) is 7. The van der Waals surface area contributed by atoms with Gasteiger partial charge in [-0.25, -0.2) is 9.97 Å². The van der Waals surface area contributed by atoms with Crippen LogP contribution in [0.1, 0.15) is 62.6 Å². The molecular formula is C26H32N4O3S. The molecule has 1 aliphatic heterocycles. The first kappa shape index (κ1) is 24.2. The molecular weight excluding hydrogens is 448 g/mol. The SMILES string of the molecule is CC(Oc1ccc(CC(=O)Nc2ncc(C=Cc3ncc(C(C)(C)C)o3)s2)cc1)N1CCCC1. The molecule has 0 radical (unpaired) electrons. The summed E-state index contributed by atoms with van der Waals surface area (Å²) in [6.07, 6.45) is 9.97. The molecule has 1 aromatic carbocycles. The smallest absolute Gasteiger partial charge is 0.230 e. The number of likely N-dealkylation sites (tertiary alicyclic amines) is 1. The number of aromatic nitrogens is 2. The minimum atomic E-state index is -0.105. The maximum absolute atomic E-state index is 12.5. The molecule has 2 aromatic heterocycles. The first-order valence-corrected chi connectivity index (χ1v) is 12.5. The standard InChI is InChI=1S/C26H32N4O3S/c1-18(30-13-5-6-14-30)32-20-9-7-19(8-10-20)15-23(31)29-25-28-16-21(34-25)11-12-24-27-17-22(33-24)26(2,3)4/h7-12,16-18H,5-6,13-15H2,1-4H3,(H,28,29,31). The van der Waals surface area contributed by atoms with Gasteiger partial charge in [-0.3, -0.25) is 9.69 Å². The Hall–Kier alpha value is -2.97. The zero-order chi connectivity index (χ0) is 24.1. The van der Waals surface area contributed by atoms with E-state index in [2.05, 4.69) is 47.9 Å². The molecule has 7 nitrogen and oxygen atoms in total. The van der Waals surface area contributed by atoms with E-state index >= 15 is 0 Å². The van der Waals surface area contributed by atoms with Gasteiger partial charge in [0.05, 0.1) is 12.6 Å². The van der Waals surface area contributed by atoms with Crippen molar-refractivity contribution in [1.82, 2.24) is 14.9 Å². The van der Waals surface area contributed by atoms with Crippen molar-refractivity contribution in [2.24, 2.45) is 0 Å². The molecule has 3 heterocycles. The molecule has 1 aliphatic rings. The van der Waals surface area contributed by atoms with Crippen LogP contribution >= 0.6 is 11.3 Å². The van der Waals surface area contributed by atoms with Crippen LogP contribution in [0.4, 0.5) is 5.13 Å². The quantitative estimate of drug-likeness (QED) is 0.452. The monoisotopic (exact) mass is 480 g/mol. The zero-order valence-corrected chi connectivity index (χ0v) is 21.0. The van der Waals surface area contributed by atoms with E-state index in [-0.39, 0.29) is 24.0 Å². The molecule has 1 amide bonds. The minimum Gasteiger partial charge on any atom is -0.475 e. The largest absolute Gasteiger partial charge is 0.475 e. The van der Waals surface area contributed by atoms with Crippen molar-refractivity contribution in [1.29, 1.82) is 0 Å². The third kappa shape index (κ3) is 6.55. The zero-order valence-electron chi connectivity index (χ0n) is 20.2. The van der Waals surface area contributed by atoms with Gasteiger partial charge in [0.15, 0.2) is 5.13 Å². The highest BCUT2D eigenvalue weighted by Gasteiger charge is 2.19. The summed E-state index contributed by atoms with van der Waals surface area (Å²) >= 11 is 1.40. The van der Waals surface area contributed by atoms with Gasteiger partial charge in [-0.2, -0.15) is 0 Å². The van der Waals surface area contributed by atoms with E-state index in [1.807, 2.05) is 36.4 Å². The number of benzene rings is 1. The van der Waals surface area contributed by atoms with Gasteiger partial charge in [0.2, 0.25) is 11.8 Å². The molecule has 0 bridgehead atoms. The Balaban J connectivity index is 1.27. The maximum Gasteiger partial charge on any atom is 0.230 e. The Morgan fingerprint density at radius 1 is 1.18 bits per heavy atom. The van der Waals surface area contributed by atoms with Crippen LogP contribution in [-0.2, 0) is 16.6 Å². The normalized spacial score (nSPS) is 15.6. The molecule has 8 heteroatoms. The molecule has 1 fully saturated rings. The lowest BCUT2D eigenvalue weighted by Crippen LogP contribution is -2.34. The average molecular weight is 481 g/mol.